The van der Waals surface area contributed by atoms with Crippen LogP contribution in [0.4, 0.5) is 20.3 Å². The van der Waals surface area contributed by atoms with Crippen LogP contribution >= 0.6 is 0 Å². The Morgan fingerprint density at radius 3 is 2.68 bits per heavy atom. The summed E-state index contributed by atoms with van der Waals surface area (Å²) in [6.45, 7) is 1.90. The number of fused-ring (bicyclic) bond motifs is 1. The van der Waals surface area contributed by atoms with Gasteiger partial charge in [0.25, 0.3) is 12.3 Å². The lowest BCUT2D eigenvalue weighted by Crippen LogP contribution is -2.37. The standard InChI is InChI=1S/C22H18F2N6O/c23-21(24)16-5-2-1-4-15(16)17-6-7-19-26-13-18(30(19)28-17)22(31)27-14-8-9-25-20(12-14)29-10-3-11-29/h1-2,4-9,12-13,21H,3,10-11H2,(H,25,27,31). The number of hydrogen-bond acceptors (Lipinski definition) is 5. The molecule has 4 aromatic rings. The topological polar surface area (TPSA) is 75.4 Å². The molecule has 3 aromatic heterocycles. The van der Waals surface area contributed by atoms with Gasteiger partial charge in [-0.15, -0.1) is 0 Å². The van der Waals surface area contributed by atoms with Crippen molar-refractivity contribution in [1.29, 1.82) is 0 Å². The lowest BCUT2D eigenvalue weighted by molar-refractivity contribution is 0.102. The molecular weight excluding hydrogens is 402 g/mol. The van der Waals surface area contributed by atoms with Crippen LogP contribution in [0.5, 0.6) is 0 Å². The molecule has 156 valence electrons. The van der Waals surface area contributed by atoms with E-state index < -0.39 is 12.3 Å². The van der Waals surface area contributed by atoms with Gasteiger partial charge in [-0.3, -0.25) is 4.79 Å². The van der Waals surface area contributed by atoms with Gasteiger partial charge < -0.3 is 10.2 Å². The number of alkyl halides is 2. The van der Waals surface area contributed by atoms with E-state index in [0.717, 1.165) is 25.3 Å². The summed E-state index contributed by atoms with van der Waals surface area (Å²) < 4.78 is 28.2. The van der Waals surface area contributed by atoms with Crippen LogP contribution in [-0.2, 0) is 0 Å². The number of rotatable bonds is 5. The third kappa shape index (κ3) is 3.58. The highest BCUT2D eigenvalue weighted by molar-refractivity contribution is 6.03. The SMILES string of the molecule is O=C(Nc1ccnc(N2CCC2)c1)c1cnc2ccc(-c3ccccc3C(F)F)nn12. The van der Waals surface area contributed by atoms with Gasteiger partial charge in [0.15, 0.2) is 11.3 Å². The Balaban J connectivity index is 1.47. The summed E-state index contributed by atoms with van der Waals surface area (Å²) in [5.41, 5.74) is 1.78. The Hall–Kier alpha value is -3.88. The second-order valence-corrected chi connectivity index (χ2v) is 7.22. The molecule has 1 saturated heterocycles. The summed E-state index contributed by atoms with van der Waals surface area (Å²) in [6, 6.07) is 13.0. The molecule has 0 atom stereocenters. The molecule has 31 heavy (non-hydrogen) atoms. The highest BCUT2D eigenvalue weighted by Crippen LogP contribution is 2.30. The van der Waals surface area contributed by atoms with Gasteiger partial charge in [0.1, 0.15) is 5.82 Å². The van der Waals surface area contributed by atoms with Crippen LogP contribution in [0.2, 0.25) is 0 Å². The monoisotopic (exact) mass is 420 g/mol. The van der Waals surface area contributed by atoms with Gasteiger partial charge >= 0.3 is 0 Å². The molecule has 1 fully saturated rings. The number of carbonyl (C=O) groups excluding carboxylic acids is 1. The number of anilines is 2. The fourth-order valence-corrected chi connectivity index (χ4v) is 3.50. The van der Waals surface area contributed by atoms with Crippen LogP contribution in [-0.4, -0.2) is 38.6 Å². The van der Waals surface area contributed by atoms with E-state index in [1.807, 2.05) is 6.07 Å². The molecule has 0 bridgehead atoms. The third-order valence-corrected chi connectivity index (χ3v) is 5.25. The first-order valence-corrected chi connectivity index (χ1v) is 9.85. The number of carbonyl (C=O) groups is 1. The molecule has 5 rings (SSSR count). The van der Waals surface area contributed by atoms with E-state index in [1.165, 1.54) is 16.8 Å². The summed E-state index contributed by atoms with van der Waals surface area (Å²) >= 11 is 0. The summed E-state index contributed by atoms with van der Waals surface area (Å²) in [5, 5.41) is 7.26. The van der Waals surface area contributed by atoms with E-state index in [-0.39, 0.29) is 11.3 Å². The second-order valence-electron chi connectivity index (χ2n) is 7.22. The van der Waals surface area contributed by atoms with Crippen LogP contribution in [0.25, 0.3) is 16.9 Å². The normalized spacial score (nSPS) is 13.5. The van der Waals surface area contributed by atoms with Crippen molar-refractivity contribution >= 4 is 23.1 Å². The molecule has 1 aromatic carbocycles. The first-order chi connectivity index (χ1) is 15.1. The maximum atomic E-state index is 13.4. The average Bonchev–Trinajstić information content (AvgIpc) is 3.16. The number of benzene rings is 1. The first-order valence-electron chi connectivity index (χ1n) is 9.85. The van der Waals surface area contributed by atoms with Gasteiger partial charge in [-0.1, -0.05) is 24.3 Å². The molecule has 7 nitrogen and oxygen atoms in total. The van der Waals surface area contributed by atoms with Crippen molar-refractivity contribution in [2.45, 2.75) is 12.8 Å². The van der Waals surface area contributed by atoms with Crippen LogP contribution in [0.1, 0.15) is 28.9 Å². The van der Waals surface area contributed by atoms with Crippen molar-refractivity contribution in [2.75, 3.05) is 23.3 Å². The molecule has 1 N–H and O–H groups in total. The van der Waals surface area contributed by atoms with Gasteiger partial charge in [0.2, 0.25) is 0 Å². The molecule has 0 spiro atoms. The number of imidazole rings is 1. The highest BCUT2D eigenvalue weighted by atomic mass is 19.3. The molecular formula is C22H18F2N6O. The van der Waals surface area contributed by atoms with Crippen molar-refractivity contribution in [3.63, 3.8) is 0 Å². The number of halogens is 2. The minimum atomic E-state index is -2.63. The minimum Gasteiger partial charge on any atom is -0.356 e. The largest absolute Gasteiger partial charge is 0.356 e. The fourth-order valence-electron chi connectivity index (χ4n) is 3.50. The van der Waals surface area contributed by atoms with Crippen molar-refractivity contribution in [3.05, 3.63) is 72.2 Å². The number of hydrogen-bond donors (Lipinski definition) is 1. The predicted molar refractivity (Wildman–Crippen MR) is 112 cm³/mol. The summed E-state index contributed by atoms with van der Waals surface area (Å²) in [7, 11) is 0. The Kier molecular flexibility index (Phi) is 4.78. The van der Waals surface area contributed by atoms with Gasteiger partial charge in [-0.2, -0.15) is 5.10 Å². The highest BCUT2D eigenvalue weighted by Gasteiger charge is 2.19. The molecule has 1 aliphatic heterocycles. The summed E-state index contributed by atoms with van der Waals surface area (Å²) in [5.74, 6) is 0.409. The van der Waals surface area contributed by atoms with E-state index in [1.54, 1.807) is 42.6 Å². The van der Waals surface area contributed by atoms with E-state index >= 15 is 0 Å². The van der Waals surface area contributed by atoms with Crippen LogP contribution in [0.3, 0.4) is 0 Å². The molecule has 1 amide bonds. The quantitative estimate of drug-likeness (QED) is 0.524. The predicted octanol–water partition coefficient (Wildman–Crippen LogP) is 4.19. The zero-order valence-electron chi connectivity index (χ0n) is 16.4. The van der Waals surface area contributed by atoms with E-state index in [2.05, 4.69) is 25.3 Å². The van der Waals surface area contributed by atoms with Gasteiger partial charge in [0, 0.05) is 42.2 Å². The molecule has 4 heterocycles. The molecule has 0 saturated carbocycles. The number of nitrogens with one attached hydrogen (secondary N) is 1. The van der Waals surface area contributed by atoms with Gasteiger partial charge in [0.05, 0.1) is 11.9 Å². The Morgan fingerprint density at radius 2 is 1.90 bits per heavy atom. The van der Waals surface area contributed by atoms with Crippen molar-refractivity contribution in [3.8, 4) is 11.3 Å². The van der Waals surface area contributed by atoms with Crippen molar-refractivity contribution in [2.24, 2.45) is 0 Å². The summed E-state index contributed by atoms with van der Waals surface area (Å²) in [6.07, 6.45) is 1.56. The minimum absolute atomic E-state index is 0.115. The smallest absolute Gasteiger partial charge is 0.276 e. The maximum absolute atomic E-state index is 13.4. The zero-order valence-corrected chi connectivity index (χ0v) is 16.4. The van der Waals surface area contributed by atoms with E-state index in [0.29, 0.717) is 22.6 Å². The number of amides is 1. The average molecular weight is 420 g/mol. The van der Waals surface area contributed by atoms with Crippen LogP contribution < -0.4 is 10.2 Å². The number of pyridine rings is 1. The van der Waals surface area contributed by atoms with Crippen molar-refractivity contribution in [1.82, 2.24) is 19.6 Å². The fraction of sp³-hybridized carbons (Fsp3) is 0.182. The van der Waals surface area contributed by atoms with Gasteiger partial charge in [-0.25, -0.2) is 23.3 Å². The Morgan fingerprint density at radius 1 is 1.06 bits per heavy atom. The van der Waals surface area contributed by atoms with E-state index in [9.17, 15) is 13.6 Å². The summed E-state index contributed by atoms with van der Waals surface area (Å²) in [4.78, 5) is 23.6. The maximum Gasteiger partial charge on any atom is 0.276 e. The number of nitrogens with zero attached hydrogens (tertiary/aromatic N) is 5. The first kappa shape index (κ1) is 19.1. The molecule has 9 heteroatoms. The molecule has 0 aliphatic carbocycles. The Bertz CT molecular complexity index is 1270. The molecule has 0 radical (unpaired) electrons. The molecule has 1 aliphatic rings. The lowest BCUT2D eigenvalue weighted by Gasteiger charge is -2.32. The number of aromatic nitrogens is 4. The van der Waals surface area contributed by atoms with Crippen molar-refractivity contribution < 1.29 is 13.6 Å². The lowest BCUT2D eigenvalue weighted by atomic mass is 10.0. The second kappa shape index (κ2) is 7.75. The van der Waals surface area contributed by atoms with E-state index in [4.69, 9.17) is 0 Å². The van der Waals surface area contributed by atoms with Crippen LogP contribution in [0, 0.1) is 0 Å². The molecule has 0 unspecified atom stereocenters. The zero-order chi connectivity index (χ0) is 21.4. The Labute approximate surface area is 176 Å². The van der Waals surface area contributed by atoms with Crippen LogP contribution in [0.15, 0.2) is 60.9 Å². The third-order valence-electron chi connectivity index (χ3n) is 5.25. The van der Waals surface area contributed by atoms with Gasteiger partial charge in [-0.05, 0) is 24.6 Å².